The van der Waals surface area contributed by atoms with Gasteiger partial charge in [-0.1, -0.05) is 6.07 Å². The van der Waals surface area contributed by atoms with E-state index in [-0.39, 0.29) is 18.5 Å². The molecule has 0 radical (unpaired) electrons. The summed E-state index contributed by atoms with van der Waals surface area (Å²) in [4.78, 5) is 24.6. The number of primary amides is 2. The second-order valence-corrected chi connectivity index (χ2v) is 6.09. The molecule has 1 atom stereocenters. The van der Waals surface area contributed by atoms with Crippen LogP contribution in [0.25, 0.3) is 0 Å². The summed E-state index contributed by atoms with van der Waals surface area (Å²) in [7, 11) is 0. The first-order valence-electron chi connectivity index (χ1n) is 7.99. The van der Waals surface area contributed by atoms with Gasteiger partial charge in [0.1, 0.15) is 6.10 Å². The van der Waals surface area contributed by atoms with Crippen LogP contribution in [-0.4, -0.2) is 24.6 Å². The van der Waals surface area contributed by atoms with Crippen molar-refractivity contribution in [3.05, 3.63) is 59.2 Å². The first kappa shape index (κ1) is 18.6. The molecule has 142 valence electrons. The average Bonchev–Trinajstić information content (AvgIpc) is 2.59. The number of nitrogens with two attached hydrogens (primary N) is 2. The van der Waals surface area contributed by atoms with E-state index in [2.05, 4.69) is 0 Å². The van der Waals surface area contributed by atoms with Crippen molar-refractivity contribution in [2.75, 3.05) is 11.4 Å². The number of carbonyl (C=O) groups excluding carboxylic acids is 2. The quantitative estimate of drug-likeness (QED) is 0.857. The van der Waals surface area contributed by atoms with Crippen LogP contribution in [0.3, 0.4) is 0 Å². The van der Waals surface area contributed by atoms with Gasteiger partial charge in [0.05, 0.1) is 12.1 Å². The van der Waals surface area contributed by atoms with Gasteiger partial charge >= 0.3 is 12.3 Å². The van der Waals surface area contributed by atoms with E-state index >= 15 is 0 Å². The van der Waals surface area contributed by atoms with Crippen LogP contribution in [0, 0.1) is 0 Å². The van der Waals surface area contributed by atoms with Gasteiger partial charge in [0.25, 0.3) is 0 Å². The van der Waals surface area contributed by atoms with Crippen LogP contribution in [-0.2, 0) is 17.3 Å². The number of ether oxygens (including phenoxy) is 1. The number of halogens is 3. The number of hydrogen-bond donors (Lipinski definition) is 2. The maximum Gasteiger partial charge on any atom is 0.416 e. The molecule has 0 bridgehead atoms. The number of anilines is 2. The predicted octanol–water partition coefficient (Wildman–Crippen LogP) is 2.96. The lowest BCUT2D eigenvalue weighted by Crippen LogP contribution is -2.40. The van der Waals surface area contributed by atoms with Crippen LogP contribution in [0.1, 0.15) is 21.5 Å². The number of rotatable bonds is 3. The average molecular weight is 379 g/mol. The molecule has 0 saturated heterocycles. The van der Waals surface area contributed by atoms with E-state index in [1.807, 2.05) is 0 Å². The zero-order valence-electron chi connectivity index (χ0n) is 14.0. The third kappa shape index (κ3) is 3.81. The van der Waals surface area contributed by atoms with E-state index < -0.39 is 29.8 Å². The SMILES string of the molecule is NC(=O)OC1Cc2c(C(N)=O)cccc2N(c2ccc(C(F)(F)F)cc2)C1. The Morgan fingerprint density at radius 1 is 1.07 bits per heavy atom. The van der Waals surface area contributed by atoms with Crippen LogP contribution in [0.15, 0.2) is 42.5 Å². The highest BCUT2D eigenvalue weighted by Crippen LogP contribution is 2.37. The molecule has 0 aromatic heterocycles. The summed E-state index contributed by atoms with van der Waals surface area (Å²) in [5, 5.41) is 0. The Morgan fingerprint density at radius 3 is 2.30 bits per heavy atom. The molecular weight excluding hydrogens is 363 g/mol. The smallest absolute Gasteiger partial charge is 0.416 e. The Morgan fingerprint density at radius 2 is 1.74 bits per heavy atom. The molecule has 0 spiro atoms. The number of alkyl halides is 3. The summed E-state index contributed by atoms with van der Waals surface area (Å²) in [5.41, 5.74) is 11.6. The first-order chi connectivity index (χ1) is 12.7. The number of hydrogen-bond acceptors (Lipinski definition) is 4. The van der Waals surface area contributed by atoms with Gasteiger partial charge in [-0.25, -0.2) is 4.79 Å². The molecule has 27 heavy (non-hydrogen) atoms. The third-order valence-electron chi connectivity index (χ3n) is 4.31. The molecule has 0 saturated carbocycles. The van der Waals surface area contributed by atoms with E-state index in [0.717, 1.165) is 12.1 Å². The molecule has 9 heteroatoms. The van der Waals surface area contributed by atoms with Gasteiger partial charge in [-0.2, -0.15) is 13.2 Å². The lowest BCUT2D eigenvalue weighted by atomic mass is 9.93. The second kappa shape index (κ2) is 6.82. The van der Waals surface area contributed by atoms with Gasteiger partial charge in [-0.05, 0) is 42.0 Å². The van der Waals surface area contributed by atoms with Crippen molar-refractivity contribution in [3.8, 4) is 0 Å². The van der Waals surface area contributed by atoms with Gasteiger partial charge in [0, 0.05) is 23.4 Å². The summed E-state index contributed by atoms with van der Waals surface area (Å²) in [5.74, 6) is -0.654. The first-order valence-corrected chi connectivity index (χ1v) is 7.99. The Bertz CT molecular complexity index is 882. The molecule has 2 amide bonds. The topological polar surface area (TPSA) is 98.6 Å². The highest BCUT2D eigenvalue weighted by Gasteiger charge is 2.32. The number of amides is 2. The van der Waals surface area contributed by atoms with Crippen LogP contribution in [0.5, 0.6) is 0 Å². The molecule has 1 aliphatic rings. The van der Waals surface area contributed by atoms with Gasteiger partial charge in [0.2, 0.25) is 5.91 Å². The number of nitrogens with zero attached hydrogens (tertiary/aromatic N) is 1. The zero-order chi connectivity index (χ0) is 19.8. The van der Waals surface area contributed by atoms with E-state index in [1.54, 1.807) is 23.1 Å². The lowest BCUT2D eigenvalue weighted by Gasteiger charge is -2.36. The normalized spacial score (nSPS) is 16.6. The minimum Gasteiger partial charge on any atom is -0.444 e. The molecule has 2 aromatic rings. The summed E-state index contributed by atoms with van der Waals surface area (Å²) < 4.78 is 43.5. The number of carbonyl (C=O) groups is 2. The monoisotopic (exact) mass is 379 g/mol. The molecule has 1 aliphatic heterocycles. The van der Waals surface area contributed by atoms with Gasteiger partial charge in [-0.3, -0.25) is 4.79 Å². The van der Waals surface area contributed by atoms with Crippen molar-refractivity contribution in [2.45, 2.75) is 18.7 Å². The molecule has 2 aromatic carbocycles. The highest BCUT2D eigenvalue weighted by molar-refractivity contribution is 5.96. The standard InChI is InChI=1S/C18H16F3N3O3/c19-18(20,21)10-4-6-11(7-5-10)24-9-12(27-17(23)26)8-14-13(16(22)25)2-1-3-15(14)24/h1-7,12H,8-9H2,(H2,22,25)(H2,23,26). The van der Waals surface area contributed by atoms with E-state index in [4.69, 9.17) is 16.2 Å². The third-order valence-corrected chi connectivity index (χ3v) is 4.31. The lowest BCUT2D eigenvalue weighted by molar-refractivity contribution is -0.137. The maximum absolute atomic E-state index is 12.8. The zero-order valence-corrected chi connectivity index (χ0v) is 14.0. The second-order valence-electron chi connectivity index (χ2n) is 6.09. The Balaban J connectivity index is 2.05. The van der Waals surface area contributed by atoms with Gasteiger partial charge < -0.3 is 21.1 Å². The van der Waals surface area contributed by atoms with E-state index in [1.165, 1.54) is 12.1 Å². The molecule has 4 N–H and O–H groups in total. The largest absolute Gasteiger partial charge is 0.444 e. The summed E-state index contributed by atoms with van der Waals surface area (Å²) >= 11 is 0. The molecule has 0 fully saturated rings. The van der Waals surface area contributed by atoms with Crippen LogP contribution < -0.4 is 16.4 Å². The fourth-order valence-corrected chi connectivity index (χ4v) is 3.19. The van der Waals surface area contributed by atoms with E-state index in [9.17, 15) is 22.8 Å². The summed E-state index contributed by atoms with van der Waals surface area (Å²) in [6.45, 7) is 0.170. The Hall–Kier alpha value is -3.23. The van der Waals surface area contributed by atoms with Crippen molar-refractivity contribution in [1.29, 1.82) is 0 Å². The van der Waals surface area contributed by atoms with Crippen molar-refractivity contribution >= 4 is 23.4 Å². The minimum absolute atomic E-state index is 0.170. The van der Waals surface area contributed by atoms with Crippen LogP contribution in [0.4, 0.5) is 29.3 Å². The molecule has 1 unspecified atom stereocenters. The molecule has 1 heterocycles. The summed E-state index contributed by atoms with van der Waals surface area (Å²) in [6, 6.07) is 9.45. The van der Waals surface area contributed by atoms with Crippen molar-refractivity contribution in [3.63, 3.8) is 0 Å². The van der Waals surface area contributed by atoms with Gasteiger partial charge in [0.15, 0.2) is 0 Å². The van der Waals surface area contributed by atoms with Crippen molar-refractivity contribution in [1.82, 2.24) is 0 Å². The highest BCUT2D eigenvalue weighted by atomic mass is 19.4. The van der Waals surface area contributed by atoms with Crippen molar-refractivity contribution < 1.29 is 27.5 Å². The molecule has 0 aliphatic carbocycles. The molecular formula is C18H16F3N3O3. The number of benzene rings is 2. The fourth-order valence-electron chi connectivity index (χ4n) is 3.19. The van der Waals surface area contributed by atoms with Crippen molar-refractivity contribution in [2.24, 2.45) is 11.5 Å². The van der Waals surface area contributed by atoms with Crippen LogP contribution >= 0.6 is 0 Å². The molecule has 3 rings (SSSR count). The van der Waals surface area contributed by atoms with Crippen LogP contribution in [0.2, 0.25) is 0 Å². The predicted molar refractivity (Wildman–Crippen MR) is 91.6 cm³/mol. The maximum atomic E-state index is 12.8. The minimum atomic E-state index is -4.45. The summed E-state index contributed by atoms with van der Waals surface area (Å²) in [6.07, 6.45) is -5.89. The Kier molecular flexibility index (Phi) is 4.69. The fraction of sp³-hybridized carbons (Fsp3) is 0.222. The Labute approximate surface area is 152 Å². The van der Waals surface area contributed by atoms with E-state index in [0.29, 0.717) is 16.9 Å². The van der Waals surface area contributed by atoms with Gasteiger partial charge in [-0.15, -0.1) is 0 Å². The number of fused-ring (bicyclic) bond motifs is 1. The molecule has 6 nitrogen and oxygen atoms in total.